The fraction of sp³-hybridized carbons (Fsp3) is 0.590. The number of hydrogen-bond acceptors (Lipinski definition) is 7. The van der Waals surface area contributed by atoms with Crippen LogP contribution in [0.15, 0.2) is 52.6 Å². The summed E-state index contributed by atoms with van der Waals surface area (Å²) in [5.74, 6) is 0.621. The summed E-state index contributed by atoms with van der Waals surface area (Å²) < 4.78 is 12.7. The molecule has 0 fully saturated rings. The zero-order chi connectivity index (χ0) is 36.0. The number of imidazole rings is 1. The maximum absolute atomic E-state index is 12.6. The smallest absolute Gasteiger partial charge is 0.417 e. The van der Waals surface area contributed by atoms with Gasteiger partial charge in [-0.2, -0.15) is 0 Å². The molecule has 2 heterocycles. The quantitative estimate of drug-likeness (QED) is 0.0912. The molecule has 1 N–H and O–H groups in total. The van der Waals surface area contributed by atoms with Crippen molar-refractivity contribution in [1.29, 1.82) is 0 Å². The summed E-state index contributed by atoms with van der Waals surface area (Å²) in [6.45, 7) is 6.98. The molecule has 2 amide bonds. The van der Waals surface area contributed by atoms with E-state index < -0.39 is 12.2 Å². The Labute approximate surface area is 313 Å². The number of rotatable bonds is 24. The number of pyridine rings is 1. The molecule has 1 aromatic carbocycles. The largest absolute Gasteiger partial charge is 0.449 e. The number of carbonyl (C=O) groups excluding carboxylic acids is 2. The number of benzene rings is 1. The van der Waals surface area contributed by atoms with Gasteiger partial charge in [0.2, 0.25) is 0 Å². The molecule has 0 spiro atoms. The minimum atomic E-state index is -0.887. The molecule has 0 atom stereocenters. The number of alkyl carbamates (subject to hydrolysis) is 2. The Morgan fingerprint density at radius 1 is 0.780 bits per heavy atom. The molecule has 0 aliphatic heterocycles. The Balaban J connectivity index is 1.38. The summed E-state index contributed by atoms with van der Waals surface area (Å²) in [6.07, 6.45) is 22.2. The van der Waals surface area contributed by atoms with Gasteiger partial charge in [0.25, 0.3) is 0 Å². The van der Waals surface area contributed by atoms with Gasteiger partial charge in [-0.05, 0) is 48.2 Å². The lowest BCUT2D eigenvalue weighted by atomic mass is 10.0. The van der Waals surface area contributed by atoms with Crippen molar-refractivity contribution in [2.75, 3.05) is 6.61 Å². The molecular formula is C39H56Cl2N4O4S. The Hall–Kier alpha value is -2.75. The highest BCUT2D eigenvalue weighted by molar-refractivity contribution is 7.99. The monoisotopic (exact) mass is 746 g/mol. The highest BCUT2D eigenvalue weighted by atomic mass is 35.5. The van der Waals surface area contributed by atoms with Crippen LogP contribution >= 0.6 is 35.0 Å². The van der Waals surface area contributed by atoms with Gasteiger partial charge in [0.15, 0.2) is 6.61 Å². The van der Waals surface area contributed by atoms with Crippen LogP contribution in [0.4, 0.5) is 9.59 Å². The van der Waals surface area contributed by atoms with Crippen LogP contribution in [-0.4, -0.2) is 33.3 Å². The van der Waals surface area contributed by atoms with E-state index in [0.717, 1.165) is 40.4 Å². The Bertz CT molecular complexity index is 1400. The molecule has 0 saturated carbocycles. The van der Waals surface area contributed by atoms with E-state index in [1.807, 2.05) is 28.8 Å². The van der Waals surface area contributed by atoms with Gasteiger partial charge < -0.3 is 14.0 Å². The predicted molar refractivity (Wildman–Crippen MR) is 204 cm³/mol. The second-order valence-corrected chi connectivity index (χ2v) is 15.1. The predicted octanol–water partition coefficient (Wildman–Crippen LogP) is 12.5. The van der Waals surface area contributed by atoms with E-state index in [1.165, 1.54) is 95.2 Å². The number of nitrogens with one attached hydrogen (secondary N) is 1. The van der Waals surface area contributed by atoms with Crippen molar-refractivity contribution < 1.29 is 19.1 Å². The Morgan fingerprint density at radius 2 is 1.30 bits per heavy atom. The van der Waals surface area contributed by atoms with E-state index in [9.17, 15) is 9.59 Å². The van der Waals surface area contributed by atoms with Gasteiger partial charge in [-0.1, -0.05) is 152 Å². The molecule has 0 radical (unpaired) electrons. The van der Waals surface area contributed by atoms with Crippen molar-refractivity contribution in [3.63, 3.8) is 0 Å². The summed E-state index contributed by atoms with van der Waals surface area (Å²) in [5, 5.41) is 4.12. The number of nitrogens with zero attached hydrogens (tertiary/aromatic N) is 3. The van der Waals surface area contributed by atoms with E-state index >= 15 is 0 Å². The number of halogens is 2. The lowest BCUT2D eigenvalue weighted by Gasteiger charge is -2.14. The summed E-state index contributed by atoms with van der Waals surface area (Å²) in [4.78, 5) is 34.7. The van der Waals surface area contributed by atoms with Gasteiger partial charge in [-0.15, -0.1) is 0 Å². The van der Waals surface area contributed by atoms with Crippen LogP contribution < -0.4 is 5.32 Å². The van der Waals surface area contributed by atoms with Crippen molar-refractivity contribution >= 4 is 47.2 Å². The molecule has 0 unspecified atom stereocenters. The minimum absolute atomic E-state index is 0.0814. The van der Waals surface area contributed by atoms with Gasteiger partial charge in [0.05, 0.1) is 18.8 Å². The molecule has 0 bridgehead atoms. The van der Waals surface area contributed by atoms with Crippen LogP contribution in [0.1, 0.15) is 147 Å². The molecule has 276 valence electrons. The van der Waals surface area contributed by atoms with E-state index in [4.69, 9.17) is 37.7 Å². The molecular weight excluding hydrogens is 691 g/mol. The van der Waals surface area contributed by atoms with E-state index in [1.54, 1.807) is 18.5 Å². The lowest BCUT2D eigenvalue weighted by molar-refractivity contribution is 0.117. The molecule has 0 aliphatic rings. The topological polar surface area (TPSA) is 95.3 Å². The van der Waals surface area contributed by atoms with Crippen molar-refractivity contribution in [1.82, 2.24) is 19.9 Å². The Morgan fingerprint density at radius 3 is 1.84 bits per heavy atom. The summed E-state index contributed by atoms with van der Waals surface area (Å²) in [6, 6.07) is 9.23. The van der Waals surface area contributed by atoms with E-state index in [-0.39, 0.29) is 19.1 Å². The fourth-order valence-electron chi connectivity index (χ4n) is 5.73. The van der Waals surface area contributed by atoms with Crippen LogP contribution in [0.25, 0.3) is 0 Å². The number of hydrogen-bond donors (Lipinski definition) is 1. The zero-order valence-electron chi connectivity index (χ0n) is 30.2. The number of unbranched alkanes of at least 4 members (excludes halogenated alkanes) is 15. The number of aromatic nitrogens is 3. The van der Waals surface area contributed by atoms with Gasteiger partial charge in [-0.3, -0.25) is 4.98 Å². The summed E-state index contributed by atoms with van der Waals surface area (Å²) in [7, 11) is 0. The number of amides is 2. The van der Waals surface area contributed by atoms with Gasteiger partial charge in [0, 0.05) is 27.3 Å². The van der Waals surface area contributed by atoms with Crippen LogP contribution in [-0.2, 0) is 22.6 Å². The third-order valence-electron chi connectivity index (χ3n) is 8.48. The SMILES string of the molecule is CCCCCCCCCCCCCCCCCCOC(=O)NC(=O)OCc1nc(C(C)C)c(Sc2cc(Cl)cc(Cl)c2)n1Cc1ccncc1. The first-order valence-electron chi connectivity index (χ1n) is 18.5. The second kappa shape index (κ2) is 24.4. The third-order valence-corrected chi connectivity index (χ3v) is 10.0. The first kappa shape index (κ1) is 41.7. The average molecular weight is 748 g/mol. The molecule has 50 heavy (non-hydrogen) atoms. The minimum Gasteiger partial charge on any atom is -0.449 e. The molecule has 11 heteroatoms. The second-order valence-electron chi connectivity index (χ2n) is 13.2. The van der Waals surface area contributed by atoms with Crippen molar-refractivity contribution in [3.8, 4) is 0 Å². The normalized spacial score (nSPS) is 11.2. The van der Waals surface area contributed by atoms with E-state index in [2.05, 4.69) is 31.1 Å². The number of carbonyl (C=O) groups is 2. The lowest BCUT2D eigenvalue weighted by Crippen LogP contribution is -2.32. The molecule has 0 aliphatic carbocycles. The number of imide groups is 1. The summed E-state index contributed by atoms with van der Waals surface area (Å²) >= 11 is 14.1. The molecule has 0 saturated heterocycles. The van der Waals surface area contributed by atoms with Crippen molar-refractivity contribution in [2.24, 2.45) is 0 Å². The van der Waals surface area contributed by atoms with Crippen LogP contribution in [0.5, 0.6) is 0 Å². The molecule has 3 aromatic rings. The van der Waals surface area contributed by atoms with Crippen LogP contribution in [0.3, 0.4) is 0 Å². The maximum atomic E-state index is 12.6. The first-order chi connectivity index (χ1) is 24.3. The Kier molecular flexibility index (Phi) is 20.4. The first-order valence-corrected chi connectivity index (χ1v) is 20.1. The molecule has 2 aromatic heterocycles. The van der Waals surface area contributed by atoms with Crippen LogP contribution in [0, 0.1) is 0 Å². The van der Waals surface area contributed by atoms with Crippen molar-refractivity contribution in [2.45, 2.75) is 152 Å². The summed E-state index contributed by atoms with van der Waals surface area (Å²) in [5.41, 5.74) is 1.85. The van der Waals surface area contributed by atoms with Gasteiger partial charge >= 0.3 is 12.2 Å². The van der Waals surface area contributed by atoms with E-state index in [0.29, 0.717) is 22.4 Å². The highest BCUT2D eigenvalue weighted by Crippen LogP contribution is 2.37. The number of ether oxygens (including phenoxy) is 2. The molecule has 8 nitrogen and oxygen atoms in total. The zero-order valence-corrected chi connectivity index (χ0v) is 32.5. The average Bonchev–Trinajstić information content (AvgIpc) is 3.41. The fourth-order valence-corrected chi connectivity index (χ4v) is 7.65. The molecule has 3 rings (SSSR count). The van der Waals surface area contributed by atoms with Gasteiger partial charge in [0.1, 0.15) is 10.9 Å². The van der Waals surface area contributed by atoms with Crippen LogP contribution in [0.2, 0.25) is 10.0 Å². The van der Waals surface area contributed by atoms with Crippen molar-refractivity contribution in [3.05, 3.63) is 69.9 Å². The van der Waals surface area contributed by atoms with Gasteiger partial charge in [-0.25, -0.2) is 19.9 Å². The third kappa shape index (κ3) is 16.5. The maximum Gasteiger partial charge on any atom is 0.417 e. The highest BCUT2D eigenvalue weighted by Gasteiger charge is 2.22. The standard InChI is InChI=1S/C39H56Cl2N4O4S/c1-4-5-6-7-8-9-10-11-12-13-14-15-16-17-18-19-24-48-38(46)44-39(47)49-29-35-43-36(30(2)3)37(45(35)28-31-20-22-42-23-21-31)50-34-26-32(40)25-33(41)27-34/h20-23,25-27,30H,4-19,24,28-29H2,1-3H3,(H,44,46,47).